The molecule has 3 aromatic carbocycles. The lowest BCUT2D eigenvalue weighted by Gasteiger charge is -2.18. The zero-order valence-electron chi connectivity index (χ0n) is 30.9. The fourth-order valence-corrected chi connectivity index (χ4v) is 7.14. The molecule has 0 N–H and O–H groups in total. The quantitative estimate of drug-likeness (QED) is 0.0542. The van der Waals surface area contributed by atoms with Crippen molar-refractivity contribution in [2.75, 3.05) is 0 Å². The van der Waals surface area contributed by atoms with E-state index in [1.807, 2.05) is 0 Å². The molecule has 0 atom stereocenters. The van der Waals surface area contributed by atoms with E-state index in [4.69, 9.17) is 13.6 Å². The van der Waals surface area contributed by atoms with Crippen LogP contribution in [0, 0.1) is 0 Å². The van der Waals surface area contributed by atoms with Gasteiger partial charge in [0, 0.05) is 0 Å². The minimum atomic E-state index is -1.68. The van der Waals surface area contributed by atoms with Gasteiger partial charge in [0.25, 0.3) is 0 Å². The average Bonchev–Trinajstić information content (AvgIpc) is 3.11. The minimum Gasteiger partial charge on any atom is -0.409 e. The number of hydrogen-bond donors (Lipinski definition) is 0. The first-order chi connectivity index (χ1) is 23.7. The van der Waals surface area contributed by atoms with E-state index in [-0.39, 0.29) is 0 Å². The molecule has 0 heterocycles. The molecule has 266 valence electrons. The Bertz CT molecular complexity index is 1100. The lowest BCUT2D eigenvalue weighted by Crippen LogP contribution is -2.03. The number of benzene rings is 3. The molecule has 0 saturated heterocycles. The van der Waals surface area contributed by atoms with Crippen LogP contribution in [-0.2, 0) is 19.3 Å². The van der Waals surface area contributed by atoms with E-state index >= 15 is 0 Å². The summed E-state index contributed by atoms with van der Waals surface area (Å²) in [5, 5.41) is 0. The maximum absolute atomic E-state index is 6.37. The largest absolute Gasteiger partial charge is 0.530 e. The van der Waals surface area contributed by atoms with E-state index in [9.17, 15) is 0 Å². The highest BCUT2D eigenvalue weighted by Gasteiger charge is 2.20. The third-order valence-corrected chi connectivity index (χ3v) is 10.3. The van der Waals surface area contributed by atoms with E-state index in [0.29, 0.717) is 0 Å². The second kappa shape index (κ2) is 26.4. The van der Waals surface area contributed by atoms with Crippen LogP contribution in [-0.4, -0.2) is 0 Å². The van der Waals surface area contributed by atoms with Crippen LogP contribution >= 0.6 is 8.60 Å². The van der Waals surface area contributed by atoms with Crippen LogP contribution in [0.2, 0.25) is 0 Å². The SMILES string of the molecule is CCCCCCCCCc1ccc(OP(Oc2ccc(CCCCCCCC)cc2)Oc2ccc(CCCCCCCCC)cc2)cc1. The molecule has 0 aromatic heterocycles. The molecule has 0 radical (unpaired) electrons. The molecule has 0 aliphatic rings. The van der Waals surface area contributed by atoms with Crippen molar-refractivity contribution >= 4 is 8.60 Å². The van der Waals surface area contributed by atoms with Gasteiger partial charge in [-0.25, -0.2) is 0 Å². The molecule has 0 amide bonds. The third-order valence-electron chi connectivity index (χ3n) is 9.27. The van der Waals surface area contributed by atoms with Gasteiger partial charge >= 0.3 is 8.60 Å². The van der Waals surface area contributed by atoms with Gasteiger partial charge in [0.05, 0.1) is 0 Å². The Morgan fingerprint density at radius 3 is 0.792 bits per heavy atom. The molecule has 48 heavy (non-hydrogen) atoms. The molecule has 3 aromatic rings. The molecule has 3 nitrogen and oxygen atoms in total. The van der Waals surface area contributed by atoms with Crippen LogP contribution in [0.1, 0.15) is 166 Å². The maximum Gasteiger partial charge on any atom is 0.530 e. The maximum atomic E-state index is 6.37. The van der Waals surface area contributed by atoms with Crippen molar-refractivity contribution in [3.05, 3.63) is 89.5 Å². The molecule has 0 aliphatic heterocycles. The number of hydrogen-bond acceptors (Lipinski definition) is 3. The van der Waals surface area contributed by atoms with Crippen LogP contribution in [0.4, 0.5) is 0 Å². The van der Waals surface area contributed by atoms with Gasteiger partial charge < -0.3 is 13.6 Å². The van der Waals surface area contributed by atoms with Gasteiger partial charge in [0.2, 0.25) is 0 Å². The van der Waals surface area contributed by atoms with Crippen molar-refractivity contribution in [2.24, 2.45) is 0 Å². The summed E-state index contributed by atoms with van der Waals surface area (Å²) >= 11 is 0. The first kappa shape index (κ1) is 39.9. The zero-order chi connectivity index (χ0) is 33.9. The Morgan fingerprint density at radius 2 is 0.542 bits per heavy atom. The Morgan fingerprint density at radius 1 is 0.312 bits per heavy atom. The summed E-state index contributed by atoms with van der Waals surface area (Å²) in [7, 11) is -1.68. The molecule has 0 fully saturated rings. The van der Waals surface area contributed by atoms with E-state index in [0.717, 1.165) is 36.5 Å². The topological polar surface area (TPSA) is 27.7 Å². The molecule has 0 unspecified atom stereocenters. The first-order valence-electron chi connectivity index (χ1n) is 19.8. The lowest BCUT2D eigenvalue weighted by molar-refractivity contribution is 0.388. The summed E-state index contributed by atoms with van der Waals surface area (Å²) in [5.41, 5.74) is 4.08. The summed E-state index contributed by atoms with van der Waals surface area (Å²) in [6.45, 7) is 6.83. The van der Waals surface area contributed by atoms with Crippen molar-refractivity contribution in [3.8, 4) is 17.2 Å². The highest BCUT2D eigenvalue weighted by molar-refractivity contribution is 7.43. The molecule has 4 heteroatoms. The minimum absolute atomic E-state index is 0.777. The highest BCUT2D eigenvalue weighted by Crippen LogP contribution is 2.42. The van der Waals surface area contributed by atoms with Crippen LogP contribution in [0.5, 0.6) is 17.2 Å². The van der Waals surface area contributed by atoms with E-state index in [1.54, 1.807) is 0 Å². The Hall–Kier alpha value is -2.51. The van der Waals surface area contributed by atoms with Crippen LogP contribution in [0.25, 0.3) is 0 Å². The zero-order valence-corrected chi connectivity index (χ0v) is 31.8. The van der Waals surface area contributed by atoms with Crippen LogP contribution in [0.3, 0.4) is 0 Å². The normalized spacial score (nSPS) is 11.2. The summed E-state index contributed by atoms with van der Waals surface area (Å²) in [5.74, 6) is 2.33. The van der Waals surface area contributed by atoms with Gasteiger partial charge in [-0.2, -0.15) is 0 Å². The van der Waals surface area contributed by atoms with E-state index < -0.39 is 8.60 Å². The second-order valence-electron chi connectivity index (χ2n) is 13.7. The summed E-state index contributed by atoms with van der Waals surface area (Å²) in [4.78, 5) is 0. The Labute approximate surface area is 296 Å². The summed E-state index contributed by atoms with van der Waals surface area (Å²) < 4.78 is 19.1. The molecule has 0 saturated carbocycles. The standard InChI is InChI=1S/C44H67O3P/c1-4-7-10-13-16-19-22-25-40-29-35-43(36-30-40)46-48(45-42-33-27-39(28-34-42)24-21-18-15-12-9-6-3)47-44-37-31-41(32-38-44)26-23-20-17-14-11-8-5-2/h27-38H,4-26H2,1-3H3. The molecule has 3 rings (SSSR count). The Kier molecular flexibility index (Phi) is 21.9. The van der Waals surface area contributed by atoms with Gasteiger partial charge in [0.15, 0.2) is 0 Å². The predicted molar refractivity (Wildman–Crippen MR) is 209 cm³/mol. The van der Waals surface area contributed by atoms with Crippen molar-refractivity contribution in [3.63, 3.8) is 0 Å². The van der Waals surface area contributed by atoms with Gasteiger partial charge in [-0.1, -0.05) is 166 Å². The van der Waals surface area contributed by atoms with Crippen molar-refractivity contribution in [2.45, 2.75) is 168 Å². The van der Waals surface area contributed by atoms with Gasteiger partial charge in [-0.15, -0.1) is 0 Å². The van der Waals surface area contributed by atoms with Gasteiger partial charge in [0.1, 0.15) is 17.2 Å². The van der Waals surface area contributed by atoms with Crippen molar-refractivity contribution in [1.29, 1.82) is 0 Å². The number of rotatable bonds is 29. The monoisotopic (exact) mass is 674 g/mol. The fourth-order valence-electron chi connectivity index (χ4n) is 6.15. The highest BCUT2D eigenvalue weighted by atomic mass is 31.2. The van der Waals surface area contributed by atoms with Crippen LogP contribution < -0.4 is 13.6 Å². The van der Waals surface area contributed by atoms with Crippen molar-refractivity contribution in [1.82, 2.24) is 0 Å². The molecular weight excluding hydrogens is 607 g/mol. The average molecular weight is 675 g/mol. The predicted octanol–water partition coefficient (Wildman–Crippen LogP) is 14.9. The number of aryl methyl sites for hydroxylation is 3. The van der Waals surface area contributed by atoms with Crippen molar-refractivity contribution < 1.29 is 13.6 Å². The van der Waals surface area contributed by atoms with E-state index in [1.165, 1.54) is 145 Å². The second-order valence-corrected chi connectivity index (χ2v) is 14.7. The molecule has 0 bridgehead atoms. The lowest BCUT2D eigenvalue weighted by atomic mass is 10.0. The first-order valence-corrected chi connectivity index (χ1v) is 20.9. The van der Waals surface area contributed by atoms with Gasteiger partial charge in [-0.3, -0.25) is 0 Å². The smallest absolute Gasteiger partial charge is 0.409 e. The summed E-state index contributed by atoms with van der Waals surface area (Å²) in [6, 6.07) is 25.5. The summed E-state index contributed by atoms with van der Waals surface area (Å²) in [6.07, 6.45) is 29.9. The van der Waals surface area contributed by atoms with E-state index in [2.05, 4.69) is 93.6 Å². The Balaban J connectivity index is 1.54. The molecule has 0 aliphatic carbocycles. The van der Waals surface area contributed by atoms with Crippen LogP contribution in [0.15, 0.2) is 72.8 Å². The fraction of sp³-hybridized carbons (Fsp3) is 0.591. The number of unbranched alkanes of at least 4 members (excludes halogenated alkanes) is 17. The van der Waals surface area contributed by atoms with Gasteiger partial charge in [-0.05, 0) is 91.6 Å². The third kappa shape index (κ3) is 18.3. The molecular formula is C44H67O3P. The molecule has 0 spiro atoms.